The molecule has 0 heterocycles. The monoisotopic (exact) mass is 345 g/mol. The topological polar surface area (TPSA) is 56.8 Å². The van der Waals surface area contributed by atoms with Crippen LogP contribution in [0.3, 0.4) is 0 Å². The van der Waals surface area contributed by atoms with E-state index in [1.165, 1.54) is 33.5 Å². The number of halogens is 1. The molecule has 5 nitrogen and oxygen atoms in total. The van der Waals surface area contributed by atoms with Crippen LogP contribution in [0.1, 0.15) is 12.5 Å². The molecule has 0 unspecified atom stereocenters. The SMILES string of the molecule is COc1cc(NC(=O)/C=C(\C)c2ccccc2F)cc(OC)c1OC. The minimum absolute atomic E-state index is 0.377. The van der Waals surface area contributed by atoms with Gasteiger partial charge in [-0.2, -0.15) is 0 Å². The first-order valence-electron chi connectivity index (χ1n) is 7.54. The van der Waals surface area contributed by atoms with Crippen molar-refractivity contribution in [2.24, 2.45) is 0 Å². The molecule has 2 aromatic carbocycles. The van der Waals surface area contributed by atoms with Crippen LogP contribution in [0.2, 0.25) is 0 Å². The highest BCUT2D eigenvalue weighted by molar-refractivity contribution is 6.04. The van der Waals surface area contributed by atoms with E-state index >= 15 is 0 Å². The van der Waals surface area contributed by atoms with Gasteiger partial charge in [-0.3, -0.25) is 4.79 Å². The van der Waals surface area contributed by atoms with Gasteiger partial charge < -0.3 is 19.5 Å². The second-order valence-electron chi connectivity index (χ2n) is 5.21. The first-order chi connectivity index (χ1) is 12.0. The lowest BCUT2D eigenvalue weighted by Gasteiger charge is -2.14. The minimum atomic E-state index is -0.393. The van der Waals surface area contributed by atoms with E-state index in [0.29, 0.717) is 34.1 Å². The molecule has 0 saturated heterocycles. The maximum Gasteiger partial charge on any atom is 0.248 e. The number of methoxy groups -OCH3 is 3. The van der Waals surface area contributed by atoms with Crippen LogP contribution in [-0.4, -0.2) is 27.2 Å². The zero-order valence-corrected chi connectivity index (χ0v) is 14.6. The van der Waals surface area contributed by atoms with Crippen LogP contribution in [0.5, 0.6) is 17.2 Å². The number of anilines is 1. The molecule has 0 aliphatic carbocycles. The summed E-state index contributed by atoms with van der Waals surface area (Å²) in [5.74, 6) is 0.506. The van der Waals surface area contributed by atoms with Gasteiger partial charge >= 0.3 is 0 Å². The Kier molecular flexibility index (Phi) is 6.00. The summed E-state index contributed by atoms with van der Waals surface area (Å²) in [5.41, 5.74) is 1.36. The quantitative estimate of drug-likeness (QED) is 0.807. The standard InChI is InChI=1S/C19H20FNO4/c1-12(14-7-5-6-8-15(14)20)9-18(22)21-13-10-16(23-2)19(25-4)17(11-13)24-3/h5-11H,1-4H3,(H,21,22)/b12-9+. The molecule has 0 bridgehead atoms. The first-order valence-corrected chi connectivity index (χ1v) is 7.54. The molecule has 0 aliphatic heterocycles. The van der Waals surface area contributed by atoms with Crippen LogP contribution in [-0.2, 0) is 4.79 Å². The molecular formula is C19H20FNO4. The van der Waals surface area contributed by atoms with E-state index in [4.69, 9.17) is 14.2 Å². The molecule has 25 heavy (non-hydrogen) atoms. The van der Waals surface area contributed by atoms with Gasteiger partial charge in [-0.05, 0) is 18.6 Å². The number of rotatable bonds is 6. The highest BCUT2D eigenvalue weighted by atomic mass is 19.1. The van der Waals surface area contributed by atoms with Gasteiger partial charge in [0.15, 0.2) is 11.5 Å². The van der Waals surface area contributed by atoms with Crippen molar-refractivity contribution < 1.29 is 23.4 Å². The summed E-state index contributed by atoms with van der Waals surface area (Å²) in [6, 6.07) is 9.52. The lowest BCUT2D eigenvalue weighted by Crippen LogP contribution is -2.09. The van der Waals surface area contributed by atoms with Crippen molar-refractivity contribution >= 4 is 17.2 Å². The summed E-state index contributed by atoms with van der Waals surface area (Å²) >= 11 is 0. The highest BCUT2D eigenvalue weighted by Crippen LogP contribution is 2.39. The van der Waals surface area contributed by atoms with Gasteiger partial charge in [0.25, 0.3) is 0 Å². The van der Waals surface area contributed by atoms with Crippen molar-refractivity contribution in [3.63, 3.8) is 0 Å². The molecular weight excluding hydrogens is 325 g/mol. The number of benzene rings is 2. The van der Waals surface area contributed by atoms with E-state index in [2.05, 4.69) is 5.32 Å². The second-order valence-corrected chi connectivity index (χ2v) is 5.21. The van der Waals surface area contributed by atoms with Crippen LogP contribution in [0, 0.1) is 5.82 Å². The van der Waals surface area contributed by atoms with Crippen molar-refractivity contribution in [3.8, 4) is 17.2 Å². The number of amides is 1. The van der Waals surface area contributed by atoms with E-state index in [1.54, 1.807) is 37.3 Å². The van der Waals surface area contributed by atoms with Crippen LogP contribution < -0.4 is 19.5 Å². The average Bonchev–Trinajstić information content (AvgIpc) is 2.60. The molecule has 0 saturated carbocycles. The van der Waals surface area contributed by atoms with E-state index in [0.717, 1.165) is 0 Å². The fourth-order valence-electron chi connectivity index (χ4n) is 2.39. The highest BCUT2D eigenvalue weighted by Gasteiger charge is 2.14. The molecule has 1 amide bonds. The molecule has 0 radical (unpaired) electrons. The smallest absolute Gasteiger partial charge is 0.248 e. The summed E-state index contributed by atoms with van der Waals surface area (Å²) in [6.45, 7) is 1.67. The van der Waals surface area contributed by atoms with Gasteiger partial charge in [0, 0.05) is 29.5 Å². The molecule has 1 N–H and O–H groups in total. The maximum absolute atomic E-state index is 13.8. The summed E-state index contributed by atoms with van der Waals surface area (Å²) in [4.78, 5) is 12.2. The molecule has 2 aromatic rings. The largest absolute Gasteiger partial charge is 0.493 e. The van der Waals surface area contributed by atoms with Gasteiger partial charge in [-0.1, -0.05) is 18.2 Å². The summed E-state index contributed by atoms with van der Waals surface area (Å²) < 4.78 is 29.5. The fraction of sp³-hybridized carbons (Fsp3) is 0.211. The third-order valence-electron chi connectivity index (χ3n) is 3.58. The normalized spacial score (nSPS) is 11.0. The Morgan fingerprint density at radius 1 is 1.04 bits per heavy atom. The van der Waals surface area contributed by atoms with Gasteiger partial charge in [0.1, 0.15) is 5.82 Å². The average molecular weight is 345 g/mol. The molecule has 0 atom stereocenters. The number of ether oxygens (including phenoxy) is 3. The summed E-state index contributed by atoms with van der Waals surface area (Å²) in [5, 5.41) is 2.71. The Balaban J connectivity index is 2.26. The van der Waals surface area contributed by atoms with Gasteiger partial charge in [0.05, 0.1) is 21.3 Å². The Labute approximate surface area is 146 Å². The van der Waals surface area contributed by atoms with Crippen LogP contribution in [0.4, 0.5) is 10.1 Å². The van der Waals surface area contributed by atoms with E-state index in [9.17, 15) is 9.18 Å². The molecule has 0 spiro atoms. The summed E-state index contributed by atoms with van der Waals surface area (Å²) in [7, 11) is 4.48. The fourth-order valence-corrected chi connectivity index (χ4v) is 2.39. The van der Waals surface area contributed by atoms with Crippen LogP contribution >= 0.6 is 0 Å². The number of carbonyl (C=O) groups is 1. The van der Waals surface area contributed by atoms with Gasteiger partial charge in [-0.25, -0.2) is 4.39 Å². The van der Waals surface area contributed by atoms with Gasteiger partial charge in [0.2, 0.25) is 11.7 Å². The van der Waals surface area contributed by atoms with Crippen molar-refractivity contribution in [2.75, 3.05) is 26.6 Å². The number of hydrogen-bond donors (Lipinski definition) is 1. The first kappa shape index (κ1) is 18.3. The van der Waals surface area contributed by atoms with Gasteiger partial charge in [-0.15, -0.1) is 0 Å². The Morgan fingerprint density at radius 3 is 2.16 bits per heavy atom. The Bertz CT molecular complexity index is 777. The number of hydrogen-bond acceptors (Lipinski definition) is 4. The molecule has 0 aromatic heterocycles. The number of allylic oxidation sites excluding steroid dienone is 1. The number of nitrogens with one attached hydrogen (secondary N) is 1. The van der Waals surface area contributed by atoms with Crippen molar-refractivity contribution in [3.05, 3.63) is 53.9 Å². The van der Waals surface area contributed by atoms with Crippen LogP contribution in [0.25, 0.3) is 5.57 Å². The molecule has 132 valence electrons. The van der Waals surface area contributed by atoms with Crippen molar-refractivity contribution in [2.45, 2.75) is 6.92 Å². The summed E-state index contributed by atoms with van der Waals surface area (Å²) in [6.07, 6.45) is 1.33. The Morgan fingerprint density at radius 2 is 1.64 bits per heavy atom. The second kappa shape index (κ2) is 8.19. The zero-order chi connectivity index (χ0) is 18.4. The van der Waals surface area contributed by atoms with Crippen LogP contribution in [0.15, 0.2) is 42.5 Å². The molecule has 0 aliphatic rings. The number of carbonyl (C=O) groups excluding carboxylic acids is 1. The predicted molar refractivity (Wildman–Crippen MR) is 94.8 cm³/mol. The maximum atomic E-state index is 13.8. The third kappa shape index (κ3) is 4.29. The van der Waals surface area contributed by atoms with Crippen molar-refractivity contribution in [1.82, 2.24) is 0 Å². The lowest BCUT2D eigenvalue weighted by molar-refractivity contribution is -0.111. The molecule has 2 rings (SSSR count). The van der Waals surface area contributed by atoms with E-state index < -0.39 is 5.91 Å². The van der Waals surface area contributed by atoms with E-state index in [1.807, 2.05) is 0 Å². The van der Waals surface area contributed by atoms with E-state index in [-0.39, 0.29) is 5.82 Å². The molecule has 6 heteroatoms. The third-order valence-corrected chi connectivity index (χ3v) is 3.58. The minimum Gasteiger partial charge on any atom is -0.493 e. The lowest BCUT2D eigenvalue weighted by atomic mass is 10.1. The zero-order valence-electron chi connectivity index (χ0n) is 14.6. The van der Waals surface area contributed by atoms with Crippen molar-refractivity contribution in [1.29, 1.82) is 0 Å². The predicted octanol–water partition coefficient (Wildman–Crippen LogP) is 3.89. The molecule has 0 fully saturated rings. The Hall–Kier alpha value is -3.02.